The van der Waals surface area contributed by atoms with Gasteiger partial charge in [-0.2, -0.15) is 0 Å². The summed E-state index contributed by atoms with van der Waals surface area (Å²) in [6.07, 6.45) is 3.42. The molecule has 5 nitrogen and oxygen atoms in total. The summed E-state index contributed by atoms with van der Waals surface area (Å²) >= 11 is 1.53. The molecule has 2 amide bonds. The zero-order valence-electron chi connectivity index (χ0n) is 18.8. The summed E-state index contributed by atoms with van der Waals surface area (Å²) in [5, 5.41) is 5.84. The highest BCUT2D eigenvalue weighted by Crippen LogP contribution is 2.32. The fourth-order valence-corrected chi connectivity index (χ4v) is 4.65. The van der Waals surface area contributed by atoms with Gasteiger partial charge in [-0.05, 0) is 42.2 Å². The minimum atomic E-state index is -0.182. The van der Waals surface area contributed by atoms with Crippen molar-refractivity contribution in [2.24, 2.45) is 0 Å². The van der Waals surface area contributed by atoms with Gasteiger partial charge in [0.2, 0.25) is 0 Å². The molecule has 164 valence electrons. The lowest BCUT2D eigenvalue weighted by Gasteiger charge is -2.29. The van der Waals surface area contributed by atoms with E-state index in [1.807, 2.05) is 34.5 Å². The minimum absolute atomic E-state index is 0.0660. The molecule has 0 spiro atoms. The number of amides is 2. The van der Waals surface area contributed by atoms with Crippen LogP contribution in [0.15, 0.2) is 29.6 Å². The van der Waals surface area contributed by atoms with E-state index in [2.05, 4.69) is 49.8 Å². The van der Waals surface area contributed by atoms with E-state index in [0.717, 1.165) is 41.9 Å². The van der Waals surface area contributed by atoms with Crippen molar-refractivity contribution in [2.45, 2.75) is 64.7 Å². The third kappa shape index (κ3) is 5.95. The second-order valence-corrected chi connectivity index (χ2v) is 9.83. The first-order valence-electron chi connectivity index (χ1n) is 10.9. The van der Waals surface area contributed by atoms with Crippen molar-refractivity contribution >= 4 is 28.8 Å². The van der Waals surface area contributed by atoms with Gasteiger partial charge in [0.15, 0.2) is 0 Å². The summed E-state index contributed by atoms with van der Waals surface area (Å²) in [5.74, 6) is 5.68. The van der Waals surface area contributed by atoms with Gasteiger partial charge in [0.05, 0.1) is 5.01 Å². The van der Waals surface area contributed by atoms with Gasteiger partial charge in [-0.1, -0.05) is 51.8 Å². The van der Waals surface area contributed by atoms with Crippen LogP contribution in [0.3, 0.4) is 0 Å². The molecule has 6 heteroatoms. The van der Waals surface area contributed by atoms with E-state index in [9.17, 15) is 9.59 Å². The molecule has 1 aliphatic heterocycles. The number of para-hydroxylation sites is 1. The van der Waals surface area contributed by atoms with Crippen LogP contribution in [0.1, 0.15) is 80.4 Å². The van der Waals surface area contributed by atoms with Crippen molar-refractivity contribution in [2.75, 3.05) is 18.4 Å². The molecule has 1 N–H and O–H groups in total. The first-order chi connectivity index (χ1) is 14.8. The minimum Gasteiger partial charge on any atom is -0.332 e. The van der Waals surface area contributed by atoms with Crippen molar-refractivity contribution in [3.8, 4) is 11.8 Å². The Hall–Kier alpha value is -2.65. The molecular formula is C25H31N3O2S. The highest BCUT2D eigenvalue weighted by atomic mass is 32.1. The lowest BCUT2D eigenvalue weighted by Crippen LogP contribution is -2.37. The average Bonchev–Trinajstić information content (AvgIpc) is 3.24. The van der Waals surface area contributed by atoms with Crippen LogP contribution in [0, 0.1) is 11.8 Å². The summed E-state index contributed by atoms with van der Waals surface area (Å²) in [7, 11) is 0. The van der Waals surface area contributed by atoms with Crippen LogP contribution < -0.4 is 5.32 Å². The van der Waals surface area contributed by atoms with E-state index in [-0.39, 0.29) is 23.1 Å². The third-order valence-corrected chi connectivity index (χ3v) is 6.45. The Morgan fingerprint density at radius 3 is 2.61 bits per heavy atom. The van der Waals surface area contributed by atoms with E-state index in [1.54, 1.807) is 0 Å². The highest BCUT2D eigenvalue weighted by molar-refractivity contribution is 7.10. The Balaban J connectivity index is 1.61. The van der Waals surface area contributed by atoms with E-state index in [4.69, 9.17) is 0 Å². The number of likely N-dealkylation sites (tertiary alicyclic amines) is 1. The molecule has 1 saturated heterocycles. The second-order valence-electron chi connectivity index (χ2n) is 8.94. The number of nitrogens with zero attached hydrogens (tertiary/aromatic N) is 2. The molecule has 1 aromatic heterocycles. The molecule has 3 rings (SSSR count). The van der Waals surface area contributed by atoms with E-state index >= 15 is 0 Å². The summed E-state index contributed by atoms with van der Waals surface area (Å²) in [6, 6.07) is 7.90. The molecule has 1 fully saturated rings. The first kappa shape index (κ1) is 23.0. The van der Waals surface area contributed by atoms with E-state index in [0.29, 0.717) is 18.8 Å². The maximum absolute atomic E-state index is 12.8. The molecule has 0 atom stereocenters. The number of nitrogens with one attached hydrogen (secondary N) is 1. The van der Waals surface area contributed by atoms with Gasteiger partial charge >= 0.3 is 0 Å². The van der Waals surface area contributed by atoms with Crippen LogP contribution in [0.2, 0.25) is 0 Å². The summed E-state index contributed by atoms with van der Waals surface area (Å²) < 4.78 is 0. The van der Waals surface area contributed by atoms with Gasteiger partial charge in [0.1, 0.15) is 5.69 Å². The monoisotopic (exact) mass is 437 g/mol. The molecule has 1 aromatic carbocycles. The number of hydrogen-bond acceptors (Lipinski definition) is 4. The van der Waals surface area contributed by atoms with Gasteiger partial charge in [-0.25, -0.2) is 4.98 Å². The number of aromatic nitrogens is 1. The fourth-order valence-electron chi connectivity index (χ4n) is 3.68. The Labute approximate surface area is 189 Å². The Kier molecular flexibility index (Phi) is 7.50. The van der Waals surface area contributed by atoms with Crippen LogP contribution in [-0.2, 0) is 10.2 Å². The van der Waals surface area contributed by atoms with Crippen LogP contribution in [0.25, 0.3) is 0 Å². The zero-order valence-corrected chi connectivity index (χ0v) is 19.6. The maximum Gasteiger partial charge on any atom is 0.298 e. The van der Waals surface area contributed by atoms with Gasteiger partial charge in [-0.3, -0.25) is 9.59 Å². The number of anilines is 1. The normalized spacial score (nSPS) is 14.6. The second kappa shape index (κ2) is 10.1. The van der Waals surface area contributed by atoms with E-state index in [1.165, 1.54) is 11.3 Å². The number of thiazole rings is 1. The molecule has 0 bridgehead atoms. The quantitative estimate of drug-likeness (QED) is 0.669. The number of benzene rings is 1. The van der Waals surface area contributed by atoms with Gasteiger partial charge in [-0.15, -0.1) is 11.3 Å². The van der Waals surface area contributed by atoms with Crippen molar-refractivity contribution < 1.29 is 9.59 Å². The lowest BCUT2D eigenvalue weighted by atomic mass is 9.86. The maximum atomic E-state index is 12.8. The Morgan fingerprint density at radius 2 is 1.94 bits per heavy atom. The van der Waals surface area contributed by atoms with Gasteiger partial charge < -0.3 is 10.2 Å². The summed E-state index contributed by atoms with van der Waals surface area (Å²) in [4.78, 5) is 31.4. The largest absolute Gasteiger partial charge is 0.332 e. The highest BCUT2D eigenvalue weighted by Gasteiger charge is 2.26. The molecule has 2 heterocycles. The van der Waals surface area contributed by atoms with Crippen molar-refractivity contribution in [3.63, 3.8) is 0 Å². The number of unbranched alkanes of at least 4 members (excludes halogenated alkanes) is 1. The van der Waals surface area contributed by atoms with Crippen LogP contribution in [0.4, 0.5) is 5.69 Å². The van der Waals surface area contributed by atoms with Crippen molar-refractivity contribution in [1.82, 2.24) is 9.88 Å². The number of hydrogen-bond donors (Lipinski definition) is 1. The SMILES string of the molecule is CCCC#CC(=O)N1CCC(c2nc(C(=O)Nc3ccccc3C(C)(C)C)cs2)CC1. The molecule has 0 aliphatic carbocycles. The molecule has 0 unspecified atom stereocenters. The average molecular weight is 438 g/mol. The number of carbonyl (C=O) groups excluding carboxylic acids is 2. The first-order valence-corrected chi connectivity index (χ1v) is 11.8. The van der Waals surface area contributed by atoms with Crippen LogP contribution in [0.5, 0.6) is 0 Å². The standard InChI is InChI=1S/C25H31N3O2S/c1-5-6-7-12-22(29)28-15-13-18(14-16-28)24-27-21(17-31-24)23(30)26-20-11-9-8-10-19(20)25(2,3)4/h8-11,17-18H,5-6,13-16H2,1-4H3,(H,26,30). The third-order valence-electron chi connectivity index (χ3n) is 5.44. The Morgan fingerprint density at radius 1 is 1.23 bits per heavy atom. The Bertz CT molecular complexity index is 986. The smallest absolute Gasteiger partial charge is 0.298 e. The van der Waals surface area contributed by atoms with E-state index < -0.39 is 0 Å². The number of piperidine rings is 1. The summed E-state index contributed by atoms with van der Waals surface area (Å²) in [5.41, 5.74) is 2.31. The van der Waals surface area contributed by atoms with Gasteiger partial charge in [0, 0.05) is 36.5 Å². The zero-order chi connectivity index (χ0) is 22.4. The van der Waals surface area contributed by atoms with Crippen molar-refractivity contribution in [3.05, 3.63) is 45.9 Å². The number of carbonyl (C=O) groups is 2. The topological polar surface area (TPSA) is 62.3 Å². The fraction of sp³-hybridized carbons (Fsp3) is 0.480. The van der Waals surface area contributed by atoms with Gasteiger partial charge in [0.25, 0.3) is 11.8 Å². The van der Waals surface area contributed by atoms with Crippen molar-refractivity contribution in [1.29, 1.82) is 0 Å². The number of rotatable bonds is 4. The molecule has 1 aliphatic rings. The predicted molar refractivity (Wildman–Crippen MR) is 126 cm³/mol. The van der Waals surface area contributed by atoms with Crippen LogP contribution in [-0.4, -0.2) is 34.8 Å². The molecule has 2 aromatic rings. The lowest BCUT2D eigenvalue weighted by molar-refractivity contribution is -0.126. The summed E-state index contributed by atoms with van der Waals surface area (Å²) in [6.45, 7) is 9.81. The molecule has 31 heavy (non-hydrogen) atoms. The predicted octanol–water partition coefficient (Wildman–Crippen LogP) is 5.20. The van der Waals surface area contributed by atoms with Crippen LogP contribution >= 0.6 is 11.3 Å². The molecular weight excluding hydrogens is 406 g/mol. The molecule has 0 saturated carbocycles. The molecule has 0 radical (unpaired) electrons.